The number of hydrogen-bond acceptors (Lipinski definition) is 2. The molecule has 4 rings (SSSR count). The monoisotopic (exact) mass is 328 g/mol. The van der Waals surface area contributed by atoms with Gasteiger partial charge in [0.2, 0.25) is 0 Å². The maximum absolute atomic E-state index is 12.0. The summed E-state index contributed by atoms with van der Waals surface area (Å²) in [4.78, 5) is 23.9. The molecular formula is C22H32O2. The van der Waals surface area contributed by atoms with E-state index in [4.69, 9.17) is 0 Å². The number of hydrogen-bond donors (Lipinski definition) is 0. The molecule has 4 aliphatic carbocycles. The van der Waals surface area contributed by atoms with Gasteiger partial charge >= 0.3 is 0 Å². The molecule has 1 unspecified atom stereocenters. The maximum atomic E-state index is 12.0. The molecule has 0 aromatic heterocycles. The Morgan fingerprint density at radius 2 is 1.58 bits per heavy atom. The number of ketones is 1. The van der Waals surface area contributed by atoms with Gasteiger partial charge in [-0.3, -0.25) is 4.79 Å². The highest BCUT2D eigenvalue weighted by atomic mass is 16.1. The van der Waals surface area contributed by atoms with Gasteiger partial charge in [0.05, 0.1) is 0 Å². The number of carbonyl (C=O) groups is 2. The maximum Gasteiger partial charge on any atom is 0.155 e. The minimum atomic E-state index is -0.140. The lowest BCUT2D eigenvalue weighted by Gasteiger charge is -2.65. The van der Waals surface area contributed by atoms with E-state index >= 15 is 0 Å². The van der Waals surface area contributed by atoms with Crippen LogP contribution >= 0.6 is 0 Å². The molecule has 3 saturated carbocycles. The Balaban J connectivity index is 1.76. The van der Waals surface area contributed by atoms with E-state index in [0.717, 1.165) is 32.1 Å². The van der Waals surface area contributed by atoms with Crippen molar-refractivity contribution in [3.8, 4) is 0 Å². The summed E-state index contributed by atoms with van der Waals surface area (Å²) >= 11 is 0. The van der Waals surface area contributed by atoms with E-state index in [1.54, 1.807) is 0 Å². The second kappa shape index (κ2) is 4.83. The molecule has 0 amide bonds. The topological polar surface area (TPSA) is 34.1 Å². The Morgan fingerprint density at radius 1 is 0.917 bits per heavy atom. The summed E-state index contributed by atoms with van der Waals surface area (Å²) in [6.07, 6.45) is 11.9. The summed E-state index contributed by atoms with van der Waals surface area (Å²) in [6.45, 7) is 9.55. The third kappa shape index (κ3) is 1.73. The summed E-state index contributed by atoms with van der Waals surface area (Å²) in [5, 5.41) is 0. The minimum Gasteiger partial charge on any atom is -0.303 e. The van der Waals surface area contributed by atoms with Crippen LogP contribution in [0.3, 0.4) is 0 Å². The molecule has 6 atom stereocenters. The van der Waals surface area contributed by atoms with Crippen molar-refractivity contribution < 1.29 is 9.59 Å². The Hall–Kier alpha value is -0.920. The molecule has 0 saturated heterocycles. The van der Waals surface area contributed by atoms with Gasteiger partial charge in [-0.2, -0.15) is 0 Å². The highest BCUT2D eigenvalue weighted by Gasteiger charge is 2.66. The van der Waals surface area contributed by atoms with Gasteiger partial charge in [0.1, 0.15) is 6.29 Å². The van der Waals surface area contributed by atoms with E-state index in [2.05, 4.69) is 27.7 Å². The molecule has 132 valence electrons. The SMILES string of the molecule is CC1(C=O)CC[C@H]2[C@@H]3CCC4=CC(=O)CC[C@]4(C)[C@@]3(C)CC[C@@]21C. The number of fused-ring (bicyclic) bond motifs is 5. The van der Waals surface area contributed by atoms with Crippen molar-refractivity contribution >= 4 is 12.1 Å². The Labute approximate surface area is 146 Å². The first-order valence-corrected chi connectivity index (χ1v) is 9.90. The molecule has 0 aromatic rings. The predicted octanol–water partition coefficient (Wildman–Crippen LogP) is 5.11. The molecule has 0 aromatic carbocycles. The molecule has 0 heterocycles. The zero-order valence-electron chi connectivity index (χ0n) is 15.8. The highest BCUT2D eigenvalue weighted by Crippen LogP contribution is 2.73. The van der Waals surface area contributed by atoms with Gasteiger partial charge in [-0.15, -0.1) is 0 Å². The summed E-state index contributed by atoms with van der Waals surface area (Å²) in [5.41, 5.74) is 1.93. The lowest BCUT2D eigenvalue weighted by atomic mass is 9.39. The lowest BCUT2D eigenvalue weighted by molar-refractivity contribution is -0.145. The van der Waals surface area contributed by atoms with Crippen LogP contribution in [0.4, 0.5) is 0 Å². The first-order valence-electron chi connectivity index (χ1n) is 9.90. The largest absolute Gasteiger partial charge is 0.303 e. The fourth-order valence-corrected chi connectivity index (χ4v) is 7.42. The quantitative estimate of drug-likeness (QED) is 0.627. The Kier molecular flexibility index (Phi) is 3.33. The van der Waals surface area contributed by atoms with Crippen LogP contribution in [-0.4, -0.2) is 12.1 Å². The van der Waals surface area contributed by atoms with Gasteiger partial charge in [-0.25, -0.2) is 0 Å². The third-order valence-corrected chi connectivity index (χ3v) is 9.73. The van der Waals surface area contributed by atoms with E-state index < -0.39 is 0 Å². The van der Waals surface area contributed by atoms with Crippen molar-refractivity contribution in [2.75, 3.05) is 0 Å². The minimum absolute atomic E-state index is 0.140. The number of rotatable bonds is 1. The molecule has 3 fully saturated rings. The summed E-state index contributed by atoms with van der Waals surface area (Å²) in [5.74, 6) is 1.70. The first-order chi connectivity index (χ1) is 11.2. The van der Waals surface area contributed by atoms with Gasteiger partial charge in [0.25, 0.3) is 0 Å². The normalized spacial score (nSPS) is 53.7. The van der Waals surface area contributed by atoms with Crippen LogP contribution in [0.15, 0.2) is 11.6 Å². The van der Waals surface area contributed by atoms with Gasteiger partial charge in [0, 0.05) is 11.8 Å². The van der Waals surface area contributed by atoms with Crippen molar-refractivity contribution in [2.45, 2.75) is 79.1 Å². The standard InChI is InChI=1S/C22H32O2/c1-19(14-23)9-8-18-17-6-5-15-13-16(24)7-10-20(15,2)22(17,4)12-11-21(18,19)3/h13-14,17-18H,5-12H2,1-4H3/t17-,18-,19?,20-,21-,22-/m0/s1. The van der Waals surface area contributed by atoms with Crippen molar-refractivity contribution in [1.29, 1.82) is 0 Å². The van der Waals surface area contributed by atoms with Crippen LogP contribution in [0.2, 0.25) is 0 Å². The molecule has 0 N–H and O–H groups in total. The van der Waals surface area contributed by atoms with E-state index in [9.17, 15) is 9.59 Å². The second-order valence-corrected chi connectivity index (χ2v) is 10.1. The third-order valence-electron chi connectivity index (χ3n) is 9.73. The molecule has 0 aliphatic heterocycles. The molecular weight excluding hydrogens is 296 g/mol. The number of aldehydes is 1. The molecule has 2 nitrogen and oxygen atoms in total. The smallest absolute Gasteiger partial charge is 0.155 e. The molecule has 0 bridgehead atoms. The Bertz CT molecular complexity index is 634. The van der Waals surface area contributed by atoms with Crippen molar-refractivity contribution in [3.63, 3.8) is 0 Å². The fourth-order valence-electron chi connectivity index (χ4n) is 7.42. The zero-order valence-corrected chi connectivity index (χ0v) is 15.8. The first kappa shape index (κ1) is 16.5. The second-order valence-electron chi connectivity index (χ2n) is 10.1. The summed E-state index contributed by atoms with van der Waals surface area (Å²) in [6, 6.07) is 0. The zero-order chi connectivity index (χ0) is 17.4. The highest BCUT2D eigenvalue weighted by molar-refractivity contribution is 5.91. The van der Waals surface area contributed by atoms with E-state index in [1.807, 2.05) is 6.08 Å². The average molecular weight is 328 g/mol. The van der Waals surface area contributed by atoms with Crippen LogP contribution < -0.4 is 0 Å². The summed E-state index contributed by atoms with van der Waals surface area (Å²) in [7, 11) is 0. The van der Waals surface area contributed by atoms with E-state index in [0.29, 0.717) is 17.6 Å². The Morgan fingerprint density at radius 3 is 2.29 bits per heavy atom. The van der Waals surface area contributed by atoms with Crippen LogP contribution in [-0.2, 0) is 9.59 Å². The van der Waals surface area contributed by atoms with Gasteiger partial charge < -0.3 is 4.79 Å². The van der Waals surface area contributed by atoms with Crippen LogP contribution in [0.25, 0.3) is 0 Å². The average Bonchev–Trinajstić information content (AvgIpc) is 2.82. The molecule has 24 heavy (non-hydrogen) atoms. The lowest BCUT2D eigenvalue weighted by Crippen LogP contribution is -2.58. The van der Waals surface area contributed by atoms with Crippen LogP contribution in [0, 0.1) is 33.5 Å². The molecule has 0 radical (unpaired) electrons. The fraction of sp³-hybridized carbons (Fsp3) is 0.818. The predicted molar refractivity (Wildman–Crippen MR) is 95.5 cm³/mol. The molecule has 0 spiro atoms. The van der Waals surface area contributed by atoms with Gasteiger partial charge in [-0.05, 0) is 79.1 Å². The van der Waals surface area contributed by atoms with E-state index in [1.165, 1.54) is 31.1 Å². The van der Waals surface area contributed by atoms with Crippen molar-refractivity contribution in [3.05, 3.63) is 11.6 Å². The molecule has 4 aliphatic rings. The van der Waals surface area contributed by atoms with Crippen LogP contribution in [0.1, 0.15) is 79.1 Å². The number of allylic oxidation sites excluding steroid dienone is 1. The number of carbonyl (C=O) groups excluding carboxylic acids is 2. The van der Waals surface area contributed by atoms with E-state index in [-0.39, 0.29) is 21.7 Å². The van der Waals surface area contributed by atoms with Gasteiger partial charge in [-0.1, -0.05) is 33.3 Å². The van der Waals surface area contributed by atoms with Crippen molar-refractivity contribution in [2.24, 2.45) is 33.5 Å². The summed E-state index contributed by atoms with van der Waals surface area (Å²) < 4.78 is 0. The van der Waals surface area contributed by atoms with Crippen molar-refractivity contribution in [1.82, 2.24) is 0 Å². The molecule has 2 heteroatoms. The van der Waals surface area contributed by atoms with Crippen LogP contribution in [0.5, 0.6) is 0 Å². The van der Waals surface area contributed by atoms with Gasteiger partial charge in [0.15, 0.2) is 5.78 Å².